The molecule has 0 N–H and O–H groups in total. The van der Waals surface area contributed by atoms with Crippen molar-refractivity contribution in [2.75, 3.05) is 19.7 Å². The first-order valence-electron chi connectivity index (χ1n) is 7.69. The molecule has 0 bridgehead atoms. The Hall–Kier alpha value is -0.540. The maximum atomic E-state index is 5.85. The molecule has 0 fully saturated rings. The van der Waals surface area contributed by atoms with Crippen LogP contribution in [0, 0.1) is 5.92 Å². The van der Waals surface area contributed by atoms with Gasteiger partial charge in [-0.1, -0.05) is 43.6 Å². The fraction of sp³-hybridized carbons (Fsp3) is 0.647. The van der Waals surface area contributed by atoms with Crippen LogP contribution in [0.1, 0.15) is 40.5 Å². The smallest absolute Gasteiger partial charge is 0.119 e. The van der Waals surface area contributed by atoms with Gasteiger partial charge in [0, 0.05) is 23.6 Å². The fourth-order valence-corrected chi connectivity index (χ4v) is 2.77. The van der Waals surface area contributed by atoms with Crippen molar-refractivity contribution in [1.29, 1.82) is 0 Å². The molecule has 0 aliphatic carbocycles. The van der Waals surface area contributed by atoms with Crippen LogP contribution in [-0.2, 0) is 0 Å². The molecule has 0 radical (unpaired) electrons. The standard InChI is InChI=1S/C17H28BrNO/c1-5-16(6-2)19(13-14(3)4)11-12-20-17-9-7-15(18)8-10-17/h7-10,14,16H,5-6,11-13H2,1-4H3. The van der Waals surface area contributed by atoms with E-state index in [0.29, 0.717) is 12.0 Å². The van der Waals surface area contributed by atoms with E-state index >= 15 is 0 Å². The van der Waals surface area contributed by atoms with E-state index < -0.39 is 0 Å². The summed E-state index contributed by atoms with van der Waals surface area (Å²) in [6.45, 7) is 12.0. The molecule has 1 rings (SSSR count). The summed E-state index contributed by atoms with van der Waals surface area (Å²) in [5, 5.41) is 0. The first-order chi connectivity index (χ1) is 9.56. The highest BCUT2D eigenvalue weighted by atomic mass is 79.9. The third-order valence-corrected chi connectivity index (χ3v) is 4.05. The zero-order valence-electron chi connectivity index (χ0n) is 13.2. The molecule has 0 aromatic heterocycles. The molecule has 0 saturated carbocycles. The third kappa shape index (κ3) is 6.27. The minimum atomic E-state index is 0.672. The topological polar surface area (TPSA) is 12.5 Å². The number of rotatable bonds is 9. The average Bonchev–Trinajstić information content (AvgIpc) is 2.41. The van der Waals surface area contributed by atoms with Gasteiger partial charge >= 0.3 is 0 Å². The second kappa shape index (κ2) is 9.41. The van der Waals surface area contributed by atoms with Crippen LogP contribution in [0.25, 0.3) is 0 Å². The molecule has 2 nitrogen and oxygen atoms in total. The lowest BCUT2D eigenvalue weighted by atomic mass is 10.1. The van der Waals surface area contributed by atoms with Gasteiger partial charge in [0.05, 0.1) is 0 Å². The van der Waals surface area contributed by atoms with Crippen molar-refractivity contribution < 1.29 is 4.74 Å². The van der Waals surface area contributed by atoms with Crippen LogP contribution in [0.5, 0.6) is 5.75 Å². The molecule has 0 heterocycles. The SMILES string of the molecule is CCC(CC)N(CCOc1ccc(Br)cc1)CC(C)C. The van der Waals surface area contributed by atoms with Gasteiger partial charge in [-0.3, -0.25) is 4.90 Å². The Morgan fingerprint density at radius 3 is 2.20 bits per heavy atom. The normalized spacial score (nSPS) is 11.6. The summed E-state index contributed by atoms with van der Waals surface area (Å²) in [6.07, 6.45) is 2.42. The molecular formula is C17H28BrNO. The fourth-order valence-electron chi connectivity index (χ4n) is 2.51. The van der Waals surface area contributed by atoms with Crippen LogP contribution in [0.2, 0.25) is 0 Å². The lowest BCUT2D eigenvalue weighted by molar-refractivity contribution is 0.137. The van der Waals surface area contributed by atoms with Gasteiger partial charge in [-0.05, 0) is 43.0 Å². The number of halogens is 1. The van der Waals surface area contributed by atoms with Gasteiger partial charge in [0.15, 0.2) is 0 Å². The molecule has 0 amide bonds. The zero-order valence-corrected chi connectivity index (χ0v) is 14.8. The molecular weight excluding hydrogens is 314 g/mol. The summed E-state index contributed by atoms with van der Waals surface area (Å²) in [5.74, 6) is 1.64. The van der Waals surface area contributed by atoms with Gasteiger partial charge in [-0.15, -0.1) is 0 Å². The van der Waals surface area contributed by atoms with Gasteiger partial charge in [0.1, 0.15) is 12.4 Å². The van der Waals surface area contributed by atoms with Crippen molar-refractivity contribution in [3.63, 3.8) is 0 Å². The van der Waals surface area contributed by atoms with E-state index in [2.05, 4.69) is 48.5 Å². The highest BCUT2D eigenvalue weighted by Crippen LogP contribution is 2.16. The van der Waals surface area contributed by atoms with Crippen LogP contribution in [0.15, 0.2) is 28.7 Å². The highest BCUT2D eigenvalue weighted by Gasteiger charge is 2.16. The Morgan fingerprint density at radius 2 is 1.70 bits per heavy atom. The van der Waals surface area contributed by atoms with Crippen LogP contribution >= 0.6 is 15.9 Å². The minimum Gasteiger partial charge on any atom is -0.492 e. The molecule has 0 aliphatic rings. The third-order valence-electron chi connectivity index (χ3n) is 3.52. The summed E-state index contributed by atoms with van der Waals surface area (Å²) < 4.78 is 6.94. The predicted octanol–water partition coefficient (Wildman–Crippen LogP) is 4.97. The number of nitrogens with zero attached hydrogens (tertiary/aromatic N) is 1. The molecule has 0 atom stereocenters. The molecule has 0 spiro atoms. The van der Waals surface area contributed by atoms with Gasteiger partial charge in [0.25, 0.3) is 0 Å². The largest absolute Gasteiger partial charge is 0.492 e. The molecule has 1 aromatic carbocycles. The first-order valence-corrected chi connectivity index (χ1v) is 8.48. The monoisotopic (exact) mass is 341 g/mol. The average molecular weight is 342 g/mol. The van der Waals surface area contributed by atoms with E-state index in [0.717, 1.165) is 29.9 Å². The van der Waals surface area contributed by atoms with Crippen molar-refractivity contribution in [2.45, 2.75) is 46.6 Å². The van der Waals surface area contributed by atoms with Gasteiger partial charge < -0.3 is 4.74 Å². The Kier molecular flexibility index (Phi) is 8.24. The molecule has 1 aromatic rings. The lowest BCUT2D eigenvalue weighted by Gasteiger charge is -2.31. The zero-order chi connectivity index (χ0) is 15.0. The summed E-state index contributed by atoms with van der Waals surface area (Å²) in [6, 6.07) is 8.72. The molecule has 0 unspecified atom stereocenters. The van der Waals surface area contributed by atoms with Crippen LogP contribution in [-0.4, -0.2) is 30.6 Å². The van der Waals surface area contributed by atoms with Crippen LogP contribution in [0.4, 0.5) is 0 Å². The number of hydrogen-bond donors (Lipinski definition) is 0. The van der Waals surface area contributed by atoms with Crippen LogP contribution in [0.3, 0.4) is 0 Å². The highest BCUT2D eigenvalue weighted by molar-refractivity contribution is 9.10. The quantitative estimate of drug-likeness (QED) is 0.628. The molecule has 114 valence electrons. The minimum absolute atomic E-state index is 0.672. The van der Waals surface area contributed by atoms with Crippen molar-refractivity contribution in [3.8, 4) is 5.75 Å². The maximum Gasteiger partial charge on any atom is 0.119 e. The molecule has 0 saturated heterocycles. The Balaban J connectivity index is 2.46. The van der Waals surface area contributed by atoms with Gasteiger partial charge in [-0.25, -0.2) is 0 Å². The van der Waals surface area contributed by atoms with Crippen molar-refractivity contribution in [1.82, 2.24) is 4.90 Å². The second-order valence-electron chi connectivity index (χ2n) is 5.66. The summed E-state index contributed by atoms with van der Waals surface area (Å²) >= 11 is 3.44. The maximum absolute atomic E-state index is 5.85. The van der Waals surface area contributed by atoms with E-state index in [1.54, 1.807) is 0 Å². The van der Waals surface area contributed by atoms with E-state index in [1.165, 1.54) is 12.8 Å². The Labute approximate surface area is 132 Å². The van der Waals surface area contributed by atoms with E-state index in [1.807, 2.05) is 24.3 Å². The first kappa shape index (κ1) is 17.5. The molecule has 3 heteroatoms. The van der Waals surface area contributed by atoms with Crippen LogP contribution < -0.4 is 4.74 Å². The summed E-state index contributed by atoms with van der Waals surface area (Å²) in [5.41, 5.74) is 0. The number of ether oxygens (including phenoxy) is 1. The van der Waals surface area contributed by atoms with Gasteiger partial charge in [-0.2, -0.15) is 0 Å². The summed E-state index contributed by atoms with van der Waals surface area (Å²) in [7, 11) is 0. The van der Waals surface area contributed by atoms with E-state index in [-0.39, 0.29) is 0 Å². The molecule has 20 heavy (non-hydrogen) atoms. The van der Waals surface area contributed by atoms with Gasteiger partial charge in [0.2, 0.25) is 0 Å². The number of benzene rings is 1. The van der Waals surface area contributed by atoms with Crippen molar-refractivity contribution >= 4 is 15.9 Å². The van der Waals surface area contributed by atoms with E-state index in [9.17, 15) is 0 Å². The van der Waals surface area contributed by atoms with Crippen molar-refractivity contribution in [2.24, 2.45) is 5.92 Å². The molecule has 0 aliphatic heterocycles. The Bertz CT molecular complexity index is 360. The summed E-state index contributed by atoms with van der Waals surface area (Å²) in [4.78, 5) is 2.57. The van der Waals surface area contributed by atoms with Crippen molar-refractivity contribution in [3.05, 3.63) is 28.7 Å². The second-order valence-corrected chi connectivity index (χ2v) is 6.58. The Morgan fingerprint density at radius 1 is 1.10 bits per heavy atom. The predicted molar refractivity (Wildman–Crippen MR) is 90.4 cm³/mol. The van der Waals surface area contributed by atoms with E-state index in [4.69, 9.17) is 4.74 Å². The number of hydrogen-bond acceptors (Lipinski definition) is 2. The lowest BCUT2D eigenvalue weighted by Crippen LogP contribution is -2.39.